The van der Waals surface area contributed by atoms with Crippen molar-refractivity contribution in [2.75, 3.05) is 27.2 Å². The molecule has 0 unspecified atom stereocenters. The highest BCUT2D eigenvalue weighted by Crippen LogP contribution is 2.14. The van der Waals surface area contributed by atoms with E-state index < -0.39 is 5.97 Å². The van der Waals surface area contributed by atoms with Crippen molar-refractivity contribution < 1.29 is 9.53 Å². The summed E-state index contributed by atoms with van der Waals surface area (Å²) in [5.74, 6) is -0.443. The summed E-state index contributed by atoms with van der Waals surface area (Å²) in [6, 6.07) is 3.41. The summed E-state index contributed by atoms with van der Waals surface area (Å²) in [4.78, 5) is 31.0. The molecule has 0 aliphatic heterocycles. The molecule has 0 fully saturated rings. The number of hydrogen-bond acceptors (Lipinski definition) is 5. The Morgan fingerprint density at radius 2 is 2.13 bits per heavy atom. The number of aryl methyl sites for hydroxylation is 2. The Morgan fingerprint density at radius 3 is 2.78 bits per heavy atom. The summed E-state index contributed by atoms with van der Waals surface area (Å²) < 4.78 is 6.69. The maximum atomic E-state index is 12.6. The number of rotatable bonds is 6. The van der Waals surface area contributed by atoms with Crippen LogP contribution in [0.4, 0.5) is 0 Å². The van der Waals surface area contributed by atoms with Gasteiger partial charge in [0.2, 0.25) is 0 Å². The molecule has 0 bridgehead atoms. The Kier molecular flexibility index (Phi) is 5.50. The molecule has 6 nitrogen and oxygen atoms in total. The summed E-state index contributed by atoms with van der Waals surface area (Å²) in [6.45, 7) is 5.33. The number of carbonyl (C=O) groups is 1. The maximum Gasteiger partial charge on any atom is 0.339 e. The van der Waals surface area contributed by atoms with Gasteiger partial charge in [0.25, 0.3) is 5.56 Å². The fourth-order valence-electron chi connectivity index (χ4n) is 2.45. The van der Waals surface area contributed by atoms with Crippen LogP contribution >= 0.6 is 0 Å². The average Bonchev–Trinajstić information content (AvgIpc) is 2.49. The Hall–Kier alpha value is -2.21. The van der Waals surface area contributed by atoms with Gasteiger partial charge in [-0.05, 0) is 53.0 Å². The zero-order valence-electron chi connectivity index (χ0n) is 14.1. The van der Waals surface area contributed by atoms with Crippen LogP contribution in [0.2, 0.25) is 0 Å². The number of esters is 1. The van der Waals surface area contributed by atoms with Crippen LogP contribution in [-0.2, 0) is 11.3 Å². The second-order valence-electron chi connectivity index (χ2n) is 5.75. The standard InChI is InChI=1S/C17H23N3O3/c1-5-23-17(22)13-11-14-15(18-12(13)2)7-10-20(16(14)21)9-6-8-19(3)4/h7,10-11H,5-6,8-9H2,1-4H3. The lowest BCUT2D eigenvalue weighted by atomic mass is 10.1. The molecule has 6 heteroatoms. The number of pyridine rings is 2. The molecular weight excluding hydrogens is 294 g/mol. The molecule has 2 heterocycles. The predicted molar refractivity (Wildman–Crippen MR) is 89.9 cm³/mol. The Balaban J connectivity index is 2.40. The van der Waals surface area contributed by atoms with E-state index in [9.17, 15) is 9.59 Å². The van der Waals surface area contributed by atoms with E-state index in [1.54, 1.807) is 30.7 Å². The lowest BCUT2D eigenvalue weighted by Crippen LogP contribution is -2.23. The third-order valence-electron chi connectivity index (χ3n) is 3.65. The monoisotopic (exact) mass is 317 g/mol. The van der Waals surface area contributed by atoms with Gasteiger partial charge in [0.1, 0.15) is 0 Å². The summed E-state index contributed by atoms with van der Waals surface area (Å²) in [7, 11) is 4.00. The molecule has 23 heavy (non-hydrogen) atoms. The first-order chi connectivity index (χ1) is 10.9. The number of hydrogen-bond donors (Lipinski definition) is 0. The van der Waals surface area contributed by atoms with Crippen molar-refractivity contribution in [2.24, 2.45) is 0 Å². The quantitative estimate of drug-likeness (QED) is 0.761. The van der Waals surface area contributed by atoms with Crippen molar-refractivity contribution in [1.29, 1.82) is 0 Å². The van der Waals surface area contributed by atoms with E-state index in [1.807, 2.05) is 20.2 Å². The molecule has 0 saturated heterocycles. The summed E-state index contributed by atoms with van der Waals surface area (Å²) in [6.07, 6.45) is 2.64. The molecule has 2 aromatic rings. The largest absolute Gasteiger partial charge is 0.462 e. The van der Waals surface area contributed by atoms with Gasteiger partial charge in [0, 0.05) is 12.7 Å². The summed E-state index contributed by atoms with van der Waals surface area (Å²) in [5, 5.41) is 0.450. The van der Waals surface area contributed by atoms with E-state index in [1.165, 1.54) is 0 Å². The number of ether oxygens (including phenoxy) is 1. The highest BCUT2D eigenvalue weighted by molar-refractivity contribution is 5.94. The van der Waals surface area contributed by atoms with E-state index in [0.29, 0.717) is 35.3 Å². The third kappa shape index (κ3) is 3.96. The molecular formula is C17H23N3O3. The molecule has 0 N–H and O–H groups in total. The van der Waals surface area contributed by atoms with Gasteiger partial charge in [-0.2, -0.15) is 0 Å². The Labute approximate surface area is 135 Å². The second-order valence-corrected chi connectivity index (χ2v) is 5.75. The Morgan fingerprint density at radius 1 is 1.39 bits per heavy atom. The minimum Gasteiger partial charge on any atom is -0.462 e. The van der Waals surface area contributed by atoms with Crippen LogP contribution in [0.5, 0.6) is 0 Å². The fraction of sp³-hybridized carbons (Fsp3) is 0.471. The van der Waals surface area contributed by atoms with Crippen LogP contribution in [0, 0.1) is 6.92 Å². The second kappa shape index (κ2) is 7.37. The van der Waals surface area contributed by atoms with Gasteiger partial charge < -0.3 is 14.2 Å². The average molecular weight is 317 g/mol. The first-order valence-corrected chi connectivity index (χ1v) is 7.76. The topological polar surface area (TPSA) is 64.4 Å². The van der Waals surface area contributed by atoms with Crippen molar-refractivity contribution in [2.45, 2.75) is 26.8 Å². The number of carbonyl (C=O) groups excluding carboxylic acids is 1. The summed E-state index contributed by atoms with van der Waals surface area (Å²) in [5.41, 5.74) is 1.40. The first kappa shape index (κ1) is 17.1. The van der Waals surface area contributed by atoms with Crippen molar-refractivity contribution in [3.63, 3.8) is 0 Å². The number of fused-ring (bicyclic) bond motifs is 1. The van der Waals surface area contributed by atoms with Crippen molar-refractivity contribution in [1.82, 2.24) is 14.5 Å². The predicted octanol–water partition coefficient (Wildman–Crippen LogP) is 1.83. The molecule has 0 amide bonds. The molecule has 2 aromatic heterocycles. The molecule has 0 atom stereocenters. The minimum atomic E-state index is -0.443. The van der Waals surface area contributed by atoms with Crippen LogP contribution in [0.3, 0.4) is 0 Å². The lowest BCUT2D eigenvalue weighted by molar-refractivity contribution is 0.0525. The molecule has 0 radical (unpaired) electrons. The first-order valence-electron chi connectivity index (χ1n) is 7.76. The summed E-state index contributed by atoms with van der Waals surface area (Å²) >= 11 is 0. The van der Waals surface area contributed by atoms with Crippen molar-refractivity contribution in [3.05, 3.63) is 39.9 Å². The van der Waals surface area contributed by atoms with Gasteiger partial charge in [-0.15, -0.1) is 0 Å². The Bertz CT molecular complexity index is 766. The van der Waals surface area contributed by atoms with Crippen molar-refractivity contribution >= 4 is 16.9 Å². The normalized spacial score (nSPS) is 11.2. The minimum absolute atomic E-state index is 0.126. The van der Waals surface area contributed by atoms with Crippen LogP contribution < -0.4 is 5.56 Å². The highest BCUT2D eigenvalue weighted by Gasteiger charge is 2.14. The zero-order chi connectivity index (χ0) is 17.0. The maximum absolute atomic E-state index is 12.6. The molecule has 0 aliphatic carbocycles. The van der Waals surface area contributed by atoms with E-state index >= 15 is 0 Å². The third-order valence-corrected chi connectivity index (χ3v) is 3.65. The lowest BCUT2D eigenvalue weighted by Gasteiger charge is -2.12. The van der Waals surface area contributed by atoms with E-state index in [4.69, 9.17) is 4.74 Å². The van der Waals surface area contributed by atoms with Crippen molar-refractivity contribution in [3.8, 4) is 0 Å². The van der Waals surface area contributed by atoms with Crippen LogP contribution in [-0.4, -0.2) is 47.7 Å². The van der Waals surface area contributed by atoms with Gasteiger partial charge >= 0.3 is 5.97 Å². The van der Waals surface area contributed by atoms with Gasteiger partial charge in [0.05, 0.1) is 28.8 Å². The zero-order valence-corrected chi connectivity index (χ0v) is 14.1. The van der Waals surface area contributed by atoms with Crippen LogP contribution in [0.25, 0.3) is 10.9 Å². The van der Waals surface area contributed by atoms with Crippen LogP contribution in [0.1, 0.15) is 29.4 Å². The molecule has 0 spiro atoms. The van der Waals surface area contributed by atoms with E-state index in [-0.39, 0.29) is 5.56 Å². The molecule has 124 valence electrons. The number of aromatic nitrogens is 2. The molecule has 0 aromatic carbocycles. The van der Waals surface area contributed by atoms with Gasteiger partial charge in [-0.1, -0.05) is 0 Å². The van der Waals surface area contributed by atoms with Crippen LogP contribution in [0.15, 0.2) is 23.1 Å². The molecule has 2 rings (SSSR count). The highest BCUT2D eigenvalue weighted by atomic mass is 16.5. The molecule has 0 saturated carbocycles. The van der Waals surface area contributed by atoms with Gasteiger partial charge in [-0.3, -0.25) is 9.78 Å². The smallest absolute Gasteiger partial charge is 0.339 e. The van der Waals surface area contributed by atoms with Gasteiger partial charge in [0.15, 0.2) is 0 Å². The van der Waals surface area contributed by atoms with E-state index in [2.05, 4.69) is 9.88 Å². The van der Waals surface area contributed by atoms with E-state index in [0.717, 1.165) is 13.0 Å². The van der Waals surface area contributed by atoms with Gasteiger partial charge in [-0.25, -0.2) is 4.79 Å². The SMILES string of the molecule is CCOC(=O)c1cc2c(=O)n(CCCN(C)C)ccc2nc1C. The number of nitrogens with zero attached hydrogens (tertiary/aromatic N) is 3. The fourth-order valence-corrected chi connectivity index (χ4v) is 2.45. The molecule has 0 aliphatic rings.